The van der Waals surface area contributed by atoms with Gasteiger partial charge < -0.3 is 15.4 Å². The monoisotopic (exact) mass is 244 g/mol. The van der Waals surface area contributed by atoms with Gasteiger partial charge in [0.1, 0.15) is 0 Å². The second-order valence-corrected chi connectivity index (χ2v) is 5.37. The Kier molecular flexibility index (Phi) is 8.17. The molecule has 0 aliphatic rings. The van der Waals surface area contributed by atoms with Crippen molar-refractivity contribution in [2.45, 2.75) is 46.6 Å². The first-order valence-corrected chi connectivity index (χ1v) is 6.40. The second-order valence-electron chi connectivity index (χ2n) is 5.37. The number of amides is 1. The summed E-state index contributed by atoms with van der Waals surface area (Å²) < 4.78 is 5.05. The fraction of sp³-hybridized carbons (Fsp3) is 0.923. The third-order valence-corrected chi connectivity index (χ3v) is 2.97. The zero-order valence-electron chi connectivity index (χ0n) is 11.9. The molecule has 102 valence electrons. The Bertz CT molecular complexity index is 217. The summed E-state index contributed by atoms with van der Waals surface area (Å²) in [5, 5.41) is 6.13. The first kappa shape index (κ1) is 16.4. The van der Waals surface area contributed by atoms with Crippen LogP contribution in [0.3, 0.4) is 0 Å². The number of ether oxygens (including phenoxy) is 1. The lowest BCUT2D eigenvalue weighted by atomic mass is 9.90. The first-order valence-electron chi connectivity index (χ1n) is 6.40. The summed E-state index contributed by atoms with van der Waals surface area (Å²) in [6.45, 7) is 10.3. The third kappa shape index (κ3) is 9.12. The minimum absolute atomic E-state index is 0.0655. The van der Waals surface area contributed by atoms with E-state index in [1.165, 1.54) is 0 Å². The average Bonchev–Trinajstić information content (AvgIpc) is 2.31. The predicted octanol–water partition coefficient (Wildman–Crippen LogP) is 1.55. The van der Waals surface area contributed by atoms with Crippen molar-refractivity contribution in [1.82, 2.24) is 10.6 Å². The fourth-order valence-corrected chi connectivity index (χ4v) is 1.28. The Hall–Kier alpha value is -0.610. The molecule has 0 saturated heterocycles. The molecule has 0 heterocycles. The van der Waals surface area contributed by atoms with Gasteiger partial charge in [-0.1, -0.05) is 20.8 Å². The number of methoxy groups -OCH3 is 1. The normalized spacial score (nSPS) is 13.5. The molecule has 0 bridgehead atoms. The van der Waals surface area contributed by atoms with Gasteiger partial charge in [-0.15, -0.1) is 0 Å². The third-order valence-electron chi connectivity index (χ3n) is 2.97. The quantitative estimate of drug-likeness (QED) is 0.647. The minimum atomic E-state index is 0.0655. The smallest absolute Gasteiger partial charge is 0.233 e. The molecule has 0 spiro atoms. The molecule has 1 unspecified atom stereocenters. The van der Waals surface area contributed by atoms with Crippen molar-refractivity contribution >= 4 is 5.91 Å². The van der Waals surface area contributed by atoms with Crippen LogP contribution in [0, 0.1) is 5.41 Å². The average molecular weight is 244 g/mol. The zero-order chi connectivity index (χ0) is 13.3. The van der Waals surface area contributed by atoms with Crippen molar-refractivity contribution < 1.29 is 9.53 Å². The summed E-state index contributed by atoms with van der Waals surface area (Å²) in [6, 6.07) is 0.391. The van der Waals surface area contributed by atoms with Crippen LogP contribution in [0.4, 0.5) is 0 Å². The van der Waals surface area contributed by atoms with Crippen LogP contribution >= 0.6 is 0 Å². The van der Waals surface area contributed by atoms with Crippen LogP contribution < -0.4 is 10.6 Å². The van der Waals surface area contributed by atoms with E-state index in [-0.39, 0.29) is 11.3 Å². The molecule has 0 aromatic carbocycles. The minimum Gasteiger partial charge on any atom is -0.385 e. The van der Waals surface area contributed by atoms with Crippen molar-refractivity contribution in [1.29, 1.82) is 0 Å². The Morgan fingerprint density at radius 2 is 2.06 bits per heavy atom. The van der Waals surface area contributed by atoms with E-state index in [2.05, 4.69) is 38.3 Å². The number of rotatable bonds is 9. The van der Waals surface area contributed by atoms with Gasteiger partial charge in [-0.25, -0.2) is 0 Å². The molecule has 1 atom stereocenters. The van der Waals surface area contributed by atoms with Gasteiger partial charge in [0, 0.05) is 26.3 Å². The summed E-state index contributed by atoms with van der Waals surface area (Å²) in [5.41, 5.74) is 0.0854. The molecule has 0 radical (unpaired) electrons. The van der Waals surface area contributed by atoms with Crippen molar-refractivity contribution in [3.8, 4) is 0 Å². The number of hydrogen-bond donors (Lipinski definition) is 2. The molecule has 0 aromatic heterocycles. The Balaban J connectivity index is 3.75. The van der Waals surface area contributed by atoms with Crippen LogP contribution in [-0.2, 0) is 9.53 Å². The molecule has 0 aliphatic heterocycles. The van der Waals surface area contributed by atoms with Gasteiger partial charge in [0.2, 0.25) is 5.91 Å². The van der Waals surface area contributed by atoms with E-state index in [0.29, 0.717) is 19.1 Å². The highest BCUT2D eigenvalue weighted by atomic mass is 16.5. The summed E-state index contributed by atoms with van der Waals surface area (Å²) in [5.74, 6) is 0.0655. The maximum atomic E-state index is 11.6. The van der Waals surface area contributed by atoms with Crippen LogP contribution in [0.1, 0.15) is 40.5 Å². The van der Waals surface area contributed by atoms with Gasteiger partial charge in [0.05, 0.1) is 6.54 Å². The Morgan fingerprint density at radius 1 is 1.41 bits per heavy atom. The topological polar surface area (TPSA) is 50.4 Å². The van der Waals surface area contributed by atoms with E-state index < -0.39 is 0 Å². The molecule has 1 amide bonds. The highest BCUT2D eigenvalue weighted by Crippen LogP contribution is 2.18. The predicted molar refractivity (Wildman–Crippen MR) is 71.0 cm³/mol. The highest BCUT2D eigenvalue weighted by Gasteiger charge is 2.18. The number of carbonyl (C=O) groups is 1. The van der Waals surface area contributed by atoms with E-state index in [4.69, 9.17) is 4.74 Å². The fourth-order valence-electron chi connectivity index (χ4n) is 1.28. The lowest BCUT2D eigenvalue weighted by molar-refractivity contribution is -0.120. The molecular weight excluding hydrogens is 216 g/mol. The van der Waals surface area contributed by atoms with Crippen LogP contribution in [0.2, 0.25) is 0 Å². The van der Waals surface area contributed by atoms with Gasteiger partial charge >= 0.3 is 0 Å². The van der Waals surface area contributed by atoms with E-state index in [9.17, 15) is 4.79 Å². The molecule has 0 saturated carbocycles. The summed E-state index contributed by atoms with van der Waals surface area (Å²) in [6.07, 6.45) is 1.98. The molecule has 2 N–H and O–H groups in total. The highest BCUT2D eigenvalue weighted by molar-refractivity contribution is 5.78. The number of nitrogens with one attached hydrogen (secondary N) is 2. The van der Waals surface area contributed by atoms with E-state index >= 15 is 0 Å². The zero-order valence-corrected chi connectivity index (χ0v) is 11.9. The van der Waals surface area contributed by atoms with Crippen LogP contribution in [0.15, 0.2) is 0 Å². The number of carbonyl (C=O) groups excluding carboxylic acids is 1. The van der Waals surface area contributed by atoms with Gasteiger partial charge in [-0.05, 0) is 25.2 Å². The Morgan fingerprint density at radius 3 is 2.59 bits per heavy atom. The van der Waals surface area contributed by atoms with Crippen molar-refractivity contribution in [2.75, 3.05) is 26.8 Å². The standard InChI is InChI=1S/C13H28N2O2/c1-6-11(2)14-9-12(16)15-10-13(3,4)7-8-17-5/h11,14H,6-10H2,1-5H3,(H,15,16). The van der Waals surface area contributed by atoms with E-state index in [0.717, 1.165) is 19.4 Å². The van der Waals surface area contributed by atoms with Crippen LogP contribution in [0.25, 0.3) is 0 Å². The van der Waals surface area contributed by atoms with Gasteiger partial charge in [-0.3, -0.25) is 4.79 Å². The van der Waals surface area contributed by atoms with Crippen molar-refractivity contribution in [3.05, 3.63) is 0 Å². The largest absolute Gasteiger partial charge is 0.385 e. The first-order chi connectivity index (χ1) is 7.91. The van der Waals surface area contributed by atoms with Crippen LogP contribution in [0.5, 0.6) is 0 Å². The summed E-state index contributed by atoms with van der Waals surface area (Å²) in [4.78, 5) is 11.6. The van der Waals surface area contributed by atoms with Gasteiger partial charge in [-0.2, -0.15) is 0 Å². The molecule has 0 rings (SSSR count). The molecule has 0 fully saturated rings. The molecule has 4 nitrogen and oxygen atoms in total. The molecule has 0 aliphatic carbocycles. The van der Waals surface area contributed by atoms with Crippen molar-refractivity contribution in [2.24, 2.45) is 5.41 Å². The van der Waals surface area contributed by atoms with Crippen LogP contribution in [-0.4, -0.2) is 38.8 Å². The molecular formula is C13H28N2O2. The summed E-state index contributed by atoms with van der Waals surface area (Å²) in [7, 11) is 1.70. The SMILES string of the molecule is CCC(C)NCC(=O)NCC(C)(C)CCOC. The van der Waals surface area contributed by atoms with Crippen molar-refractivity contribution in [3.63, 3.8) is 0 Å². The maximum absolute atomic E-state index is 11.6. The van der Waals surface area contributed by atoms with E-state index in [1.54, 1.807) is 7.11 Å². The Labute approximate surface area is 105 Å². The van der Waals surface area contributed by atoms with Gasteiger partial charge in [0.15, 0.2) is 0 Å². The molecule has 0 aromatic rings. The maximum Gasteiger partial charge on any atom is 0.233 e. The lowest BCUT2D eigenvalue weighted by Crippen LogP contribution is -2.41. The lowest BCUT2D eigenvalue weighted by Gasteiger charge is -2.24. The second kappa shape index (κ2) is 8.48. The van der Waals surface area contributed by atoms with Gasteiger partial charge in [0.25, 0.3) is 0 Å². The molecule has 4 heteroatoms. The summed E-state index contributed by atoms with van der Waals surface area (Å²) >= 11 is 0. The van der Waals surface area contributed by atoms with E-state index in [1.807, 2.05) is 0 Å². The molecule has 17 heavy (non-hydrogen) atoms. The number of hydrogen-bond acceptors (Lipinski definition) is 3.